The van der Waals surface area contributed by atoms with Gasteiger partial charge >= 0.3 is 0 Å². The van der Waals surface area contributed by atoms with Crippen molar-refractivity contribution in [3.8, 4) is 0 Å². The molecule has 1 atom stereocenters. The molecule has 98 valence electrons. The topological polar surface area (TPSA) is 65.0 Å². The molecule has 0 bridgehead atoms. The largest absolute Gasteiger partial charge is 0.445 e. The number of hydrogen-bond acceptors (Lipinski definition) is 5. The molecule has 0 spiro atoms. The highest BCUT2D eigenvalue weighted by molar-refractivity contribution is 4.99. The predicted molar refractivity (Wildman–Crippen MR) is 66.4 cm³/mol. The lowest BCUT2D eigenvalue weighted by molar-refractivity contribution is 0.403. The van der Waals surface area contributed by atoms with E-state index in [1.165, 1.54) is 0 Å². The van der Waals surface area contributed by atoms with Crippen LogP contribution in [0.1, 0.15) is 62.5 Å². The maximum Gasteiger partial charge on any atom is 0.219 e. The van der Waals surface area contributed by atoms with E-state index in [0.29, 0.717) is 17.7 Å². The first-order valence-electron chi connectivity index (χ1n) is 6.31. The molecule has 0 aliphatic rings. The van der Waals surface area contributed by atoms with Gasteiger partial charge in [-0.15, -0.1) is 10.2 Å². The third-order valence-corrected chi connectivity index (χ3v) is 2.85. The Kier molecular flexibility index (Phi) is 3.79. The predicted octanol–water partition coefficient (Wildman–Crippen LogP) is 3.23. The van der Waals surface area contributed by atoms with Crippen LogP contribution in [-0.2, 0) is 6.42 Å². The SMILES string of the molecule is Cc1nnc(C(C)CCc2cnc(C(C)C)o2)o1. The van der Waals surface area contributed by atoms with Gasteiger partial charge in [0.25, 0.3) is 0 Å². The summed E-state index contributed by atoms with van der Waals surface area (Å²) in [5.41, 5.74) is 0. The van der Waals surface area contributed by atoms with Gasteiger partial charge < -0.3 is 8.83 Å². The van der Waals surface area contributed by atoms with Crippen molar-refractivity contribution in [2.45, 2.75) is 52.4 Å². The van der Waals surface area contributed by atoms with E-state index in [1.807, 2.05) is 0 Å². The first kappa shape index (κ1) is 12.8. The summed E-state index contributed by atoms with van der Waals surface area (Å²) in [6.07, 6.45) is 3.55. The fourth-order valence-electron chi connectivity index (χ4n) is 1.70. The lowest BCUT2D eigenvalue weighted by Crippen LogP contribution is -1.96. The lowest BCUT2D eigenvalue weighted by Gasteiger charge is -2.04. The number of aryl methyl sites for hydroxylation is 2. The molecule has 0 fully saturated rings. The van der Waals surface area contributed by atoms with Crippen LogP contribution in [0.3, 0.4) is 0 Å². The first-order valence-corrected chi connectivity index (χ1v) is 6.31. The molecule has 0 aliphatic carbocycles. The van der Waals surface area contributed by atoms with Gasteiger partial charge in [-0.1, -0.05) is 20.8 Å². The van der Waals surface area contributed by atoms with Crippen molar-refractivity contribution in [1.82, 2.24) is 15.2 Å². The fourth-order valence-corrected chi connectivity index (χ4v) is 1.70. The van der Waals surface area contributed by atoms with Crippen LogP contribution in [0, 0.1) is 6.92 Å². The standard InChI is InChI=1S/C13H19N3O2/c1-8(2)12-14-7-11(18-12)6-5-9(3)13-16-15-10(4)17-13/h7-9H,5-6H2,1-4H3. The fraction of sp³-hybridized carbons (Fsp3) is 0.615. The van der Waals surface area contributed by atoms with Crippen molar-refractivity contribution in [2.24, 2.45) is 0 Å². The molecule has 0 saturated heterocycles. The number of rotatable bonds is 5. The second kappa shape index (κ2) is 5.33. The molecule has 5 nitrogen and oxygen atoms in total. The van der Waals surface area contributed by atoms with Gasteiger partial charge in [0.05, 0.1) is 6.20 Å². The summed E-state index contributed by atoms with van der Waals surface area (Å²) in [5.74, 6) is 3.58. The summed E-state index contributed by atoms with van der Waals surface area (Å²) >= 11 is 0. The van der Waals surface area contributed by atoms with Gasteiger partial charge in [0.15, 0.2) is 5.89 Å². The number of nitrogens with zero attached hydrogens (tertiary/aromatic N) is 3. The molecular formula is C13H19N3O2. The van der Waals surface area contributed by atoms with Crippen LogP contribution in [0.25, 0.3) is 0 Å². The second-order valence-corrected chi connectivity index (χ2v) is 4.92. The lowest BCUT2D eigenvalue weighted by atomic mass is 10.1. The maximum atomic E-state index is 5.66. The zero-order chi connectivity index (χ0) is 13.1. The Morgan fingerprint density at radius 1 is 1.11 bits per heavy atom. The highest BCUT2D eigenvalue weighted by atomic mass is 16.4. The summed E-state index contributed by atoms with van der Waals surface area (Å²) in [6.45, 7) is 8.01. The second-order valence-electron chi connectivity index (χ2n) is 4.92. The van der Waals surface area contributed by atoms with Gasteiger partial charge in [0, 0.05) is 25.2 Å². The van der Waals surface area contributed by atoms with E-state index >= 15 is 0 Å². The summed E-state index contributed by atoms with van der Waals surface area (Å²) < 4.78 is 11.1. The summed E-state index contributed by atoms with van der Waals surface area (Å²) in [4.78, 5) is 4.25. The molecule has 0 radical (unpaired) electrons. The smallest absolute Gasteiger partial charge is 0.219 e. The first-order chi connectivity index (χ1) is 8.56. The van der Waals surface area contributed by atoms with E-state index in [2.05, 4.69) is 36.0 Å². The molecular weight excluding hydrogens is 230 g/mol. The number of aromatic nitrogens is 3. The van der Waals surface area contributed by atoms with Crippen LogP contribution in [-0.4, -0.2) is 15.2 Å². The molecule has 0 N–H and O–H groups in total. The van der Waals surface area contributed by atoms with Crippen molar-refractivity contribution in [2.75, 3.05) is 0 Å². The Morgan fingerprint density at radius 3 is 2.44 bits per heavy atom. The molecule has 2 aromatic rings. The average Bonchev–Trinajstić information content (AvgIpc) is 2.94. The van der Waals surface area contributed by atoms with Crippen molar-refractivity contribution in [3.05, 3.63) is 29.6 Å². The third kappa shape index (κ3) is 2.97. The Bertz CT molecular complexity index is 502. The van der Waals surface area contributed by atoms with Gasteiger partial charge in [-0.05, 0) is 6.42 Å². The van der Waals surface area contributed by atoms with E-state index in [-0.39, 0.29) is 5.92 Å². The zero-order valence-electron chi connectivity index (χ0n) is 11.3. The Hall–Kier alpha value is -1.65. The van der Waals surface area contributed by atoms with Crippen LogP contribution in [0.5, 0.6) is 0 Å². The Morgan fingerprint density at radius 2 is 1.89 bits per heavy atom. The van der Waals surface area contributed by atoms with Crippen molar-refractivity contribution in [3.63, 3.8) is 0 Å². The quantitative estimate of drug-likeness (QED) is 0.814. The molecule has 1 unspecified atom stereocenters. The van der Waals surface area contributed by atoms with Crippen LogP contribution in [0.2, 0.25) is 0 Å². The number of oxazole rings is 1. The van der Waals surface area contributed by atoms with Gasteiger partial charge in [-0.2, -0.15) is 0 Å². The molecule has 2 rings (SSSR count). The molecule has 0 saturated carbocycles. The summed E-state index contributed by atoms with van der Waals surface area (Å²) in [7, 11) is 0. The van der Waals surface area contributed by atoms with E-state index < -0.39 is 0 Å². The highest BCUT2D eigenvalue weighted by Gasteiger charge is 2.14. The van der Waals surface area contributed by atoms with Crippen LogP contribution in [0.15, 0.2) is 15.0 Å². The van der Waals surface area contributed by atoms with Crippen LogP contribution >= 0.6 is 0 Å². The van der Waals surface area contributed by atoms with Gasteiger partial charge in [-0.3, -0.25) is 0 Å². The molecule has 0 amide bonds. The van der Waals surface area contributed by atoms with E-state index in [1.54, 1.807) is 13.1 Å². The van der Waals surface area contributed by atoms with E-state index in [0.717, 1.165) is 24.5 Å². The monoisotopic (exact) mass is 249 g/mol. The van der Waals surface area contributed by atoms with Gasteiger partial charge in [-0.25, -0.2) is 4.98 Å². The van der Waals surface area contributed by atoms with E-state index in [9.17, 15) is 0 Å². The van der Waals surface area contributed by atoms with Gasteiger partial charge in [0.1, 0.15) is 5.76 Å². The minimum absolute atomic E-state index is 0.235. The van der Waals surface area contributed by atoms with E-state index in [4.69, 9.17) is 8.83 Å². The molecule has 18 heavy (non-hydrogen) atoms. The van der Waals surface area contributed by atoms with Crippen LogP contribution in [0.4, 0.5) is 0 Å². The molecule has 0 aliphatic heterocycles. The normalized spacial score (nSPS) is 13.2. The van der Waals surface area contributed by atoms with Gasteiger partial charge in [0.2, 0.25) is 11.8 Å². The maximum absolute atomic E-state index is 5.66. The Labute approximate surface area is 107 Å². The number of hydrogen-bond donors (Lipinski definition) is 0. The van der Waals surface area contributed by atoms with Crippen molar-refractivity contribution < 1.29 is 8.83 Å². The Balaban J connectivity index is 1.90. The summed E-state index contributed by atoms with van der Waals surface area (Å²) in [6, 6.07) is 0. The molecule has 0 aromatic carbocycles. The average molecular weight is 249 g/mol. The van der Waals surface area contributed by atoms with Crippen molar-refractivity contribution in [1.29, 1.82) is 0 Å². The molecule has 2 heterocycles. The third-order valence-electron chi connectivity index (χ3n) is 2.85. The zero-order valence-corrected chi connectivity index (χ0v) is 11.3. The van der Waals surface area contributed by atoms with Crippen LogP contribution < -0.4 is 0 Å². The van der Waals surface area contributed by atoms with Crippen molar-refractivity contribution >= 4 is 0 Å². The highest BCUT2D eigenvalue weighted by Crippen LogP contribution is 2.21. The minimum Gasteiger partial charge on any atom is -0.445 e. The molecule has 5 heteroatoms. The summed E-state index contributed by atoms with van der Waals surface area (Å²) in [5, 5.41) is 7.87. The molecule has 2 aromatic heterocycles. The minimum atomic E-state index is 0.235.